The minimum absolute atomic E-state index is 0.261. The molecule has 0 aliphatic heterocycles. The molecule has 0 radical (unpaired) electrons. The van der Waals surface area contributed by atoms with Crippen molar-refractivity contribution in [2.45, 2.75) is 0 Å². The average Bonchev–Trinajstić information content (AvgIpc) is 2.77. The fourth-order valence-corrected chi connectivity index (χ4v) is 2.44. The van der Waals surface area contributed by atoms with Crippen molar-refractivity contribution in [2.75, 3.05) is 0 Å². The van der Waals surface area contributed by atoms with Gasteiger partial charge in [0, 0.05) is 6.07 Å². The molecule has 18 heavy (non-hydrogen) atoms. The van der Waals surface area contributed by atoms with Crippen molar-refractivity contribution >= 4 is 27.6 Å². The van der Waals surface area contributed by atoms with Gasteiger partial charge in [-0.25, -0.2) is 4.98 Å². The highest BCUT2D eigenvalue weighted by atomic mass is 16.3. The summed E-state index contributed by atoms with van der Waals surface area (Å²) in [7, 11) is 0. The molecular weight excluding hydrogens is 224 g/mol. The Hall–Kier alpha value is -2.55. The van der Waals surface area contributed by atoms with E-state index in [4.69, 9.17) is 0 Å². The number of pyridine rings is 1. The van der Waals surface area contributed by atoms with Crippen molar-refractivity contribution in [3.63, 3.8) is 0 Å². The topological polar surface area (TPSA) is 37.5 Å². The minimum Gasteiger partial charge on any atom is -0.508 e. The average molecular weight is 234 g/mol. The van der Waals surface area contributed by atoms with Gasteiger partial charge in [-0.05, 0) is 35.7 Å². The molecule has 0 bridgehead atoms. The van der Waals surface area contributed by atoms with E-state index in [2.05, 4.69) is 27.6 Å². The van der Waals surface area contributed by atoms with Crippen LogP contribution in [-0.4, -0.2) is 14.5 Å². The van der Waals surface area contributed by atoms with Crippen molar-refractivity contribution in [3.8, 4) is 5.75 Å². The van der Waals surface area contributed by atoms with E-state index < -0.39 is 0 Å². The monoisotopic (exact) mass is 234 g/mol. The van der Waals surface area contributed by atoms with Crippen LogP contribution in [0.3, 0.4) is 0 Å². The van der Waals surface area contributed by atoms with Crippen LogP contribution in [0.15, 0.2) is 54.6 Å². The summed E-state index contributed by atoms with van der Waals surface area (Å²) in [6, 6.07) is 17.5. The van der Waals surface area contributed by atoms with Crippen molar-refractivity contribution in [2.24, 2.45) is 0 Å². The van der Waals surface area contributed by atoms with E-state index >= 15 is 0 Å². The van der Waals surface area contributed by atoms with Gasteiger partial charge in [0.15, 0.2) is 0 Å². The molecule has 0 saturated carbocycles. The SMILES string of the molecule is Oc1ccc2nc3ccc4ccccc4n3c2c1. The Morgan fingerprint density at radius 1 is 0.889 bits per heavy atom. The maximum atomic E-state index is 9.64. The number of imidazole rings is 1. The largest absolute Gasteiger partial charge is 0.508 e. The lowest BCUT2D eigenvalue weighted by Crippen LogP contribution is -1.87. The van der Waals surface area contributed by atoms with Crippen LogP contribution in [0.2, 0.25) is 0 Å². The van der Waals surface area contributed by atoms with Crippen LogP contribution in [-0.2, 0) is 0 Å². The first-order valence-corrected chi connectivity index (χ1v) is 5.82. The third-order valence-corrected chi connectivity index (χ3v) is 3.25. The van der Waals surface area contributed by atoms with Gasteiger partial charge >= 0.3 is 0 Å². The smallest absolute Gasteiger partial charge is 0.138 e. The molecule has 0 atom stereocenters. The first-order chi connectivity index (χ1) is 8.83. The summed E-state index contributed by atoms with van der Waals surface area (Å²) in [6.45, 7) is 0. The van der Waals surface area contributed by atoms with Gasteiger partial charge in [-0.2, -0.15) is 0 Å². The molecule has 0 amide bonds. The lowest BCUT2D eigenvalue weighted by Gasteiger charge is -2.02. The Balaban J connectivity index is 2.35. The molecule has 0 fully saturated rings. The first-order valence-electron chi connectivity index (χ1n) is 5.82. The highest BCUT2D eigenvalue weighted by Crippen LogP contribution is 2.25. The van der Waals surface area contributed by atoms with Gasteiger partial charge in [-0.1, -0.05) is 18.2 Å². The second-order valence-electron chi connectivity index (χ2n) is 4.37. The summed E-state index contributed by atoms with van der Waals surface area (Å²) >= 11 is 0. The van der Waals surface area contributed by atoms with Crippen molar-refractivity contribution in [1.29, 1.82) is 0 Å². The molecule has 86 valence electrons. The van der Waals surface area contributed by atoms with Crippen LogP contribution < -0.4 is 0 Å². The van der Waals surface area contributed by atoms with Gasteiger partial charge in [0.1, 0.15) is 11.4 Å². The van der Waals surface area contributed by atoms with Crippen LogP contribution in [0.4, 0.5) is 0 Å². The number of nitrogens with zero attached hydrogens (tertiary/aromatic N) is 2. The van der Waals surface area contributed by atoms with E-state index in [0.29, 0.717) is 0 Å². The molecule has 3 nitrogen and oxygen atoms in total. The Morgan fingerprint density at radius 2 is 1.78 bits per heavy atom. The molecule has 0 unspecified atom stereocenters. The van der Waals surface area contributed by atoms with Gasteiger partial charge in [-0.15, -0.1) is 0 Å². The van der Waals surface area contributed by atoms with E-state index in [9.17, 15) is 5.11 Å². The van der Waals surface area contributed by atoms with Crippen LogP contribution in [0.5, 0.6) is 5.75 Å². The summed E-state index contributed by atoms with van der Waals surface area (Å²) < 4.78 is 2.07. The Labute approximate surface area is 103 Å². The number of benzene rings is 2. The molecule has 2 aromatic heterocycles. The predicted molar refractivity (Wildman–Crippen MR) is 71.9 cm³/mol. The molecule has 0 aliphatic carbocycles. The van der Waals surface area contributed by atoms with Crippen molar-refractivity contribution in [1.82, 2.24) is 9.38 Å². The maximum absolute atomic E-state index is 9.64. The van der Waals surface area contributed by atoms with Gasteiger partial charge in [-0.3, -0.25) is 4.40 Å². The zero-order chi connectivity index (χ0) is 12.1. The fraction of sp³-hybridized carbons (Fsp3) is 0. The Kier molecular flexibility index (Phi) is 1.70. The zero-order valence-electron chi connectivity index (χ0n) is 9.54. The number of rotatable bonds is 0. The molecule has 0 spiro atoms. The van der Waals surface area contributed by atoms with Crippen LogP contribution >= 0.6 is 0 Å². The molecule has 1 N–H and O–H groups in total. The van der Waals surface area contributed by atoms with Gasteiger partial charge < -0.3 is 5.11 Å². The predicted octanol–water partition coefficient (Wildman–Crippen LogP) is 3.35. The Morgan fingerprint density at radius 3 is 2.72 bits per heavy atom. The second-order valence-corrected chi connectivity index (χ2v) is 4.37. The summed E-state index contributed by atoms with van der Waals surface area (Å²) in [4.78, 5) is 4.56. The number of aromatic nitrogens is 2. The Bertz CT molecular complexity index is 893. The number of hydrogen-bond donors (Lipinski definition) is 1. The molecule has 4 aromatic rings. The molecule has 2 heterocycles. The van der Waals surface area contributed by atoms with E-state index in [1.54, 1.807) is 12.1 Å². The molecule has 2 aromatic carbocycles. The standard InChI is InChI=1S/C15H10N2O/c18-11-6-7-12-14(9-11)17-13-4-2-1-3-10(13)5-8-15(17)16-12/h1-9,18H. The number of para-hydroxylation sites is 1. The minimum atomic E-state index is 0.261. The quantitative estimate of drug-likeness (QED) is 0.506. The van der Waals surface area contributed by atoms with Crippen molar-refractivity contribution in [3.05, 3.63) is 54.6 Å². The normalized spacial score (nSPS) is 11.6. The molecule has 0 aliphatic rings. The molecule has 4 rings (SSSR count). The van der Waals surface area contributed by atoms with E-state index in [1.807, 2.05) is 24.3 Å². The molecule has 0 saturated heterocycles. The van der Waals surface area contributed by atoms with Crippen LogP contribution in [0, 0.1) is 0 Å². The van der Waals surface area contributed by atoms with Crippen molar-refractivity contribution < 1.29 is 5.11 Å². The lowest BCUT2D eigenvalue weighted by molar-refractivity contribution is 0.476. The van der Waals surface area contributed by atoms with Crippen LogP contribution in [0.1, 0.15) is 0 Å². The van der Waals surface area contributed by atoms with Crippen LogP contribution in [0.25, 0.3) is 27.6 Å². The van der Waals surface area contributed by atoms with Gasteiger partial charge in [0.05, 0.1) is 16.6 Å². The first kappa shape index (κ1) is 9.48. The van der Waals surface area contributed by atoms with E-state index in [-0.39, 0.29) is 5.75 Å². The van der Waals surface area contributed by atoms with Gasteiger partial charge in [0.25, 0.3) is 0 Å². The zero-order valence-corrected chi connectivity index (χ0v) is 9.54. The highest BCUT2D eigenvalue weighted by molar-refractivity contribution is 5.90. The van der Waals surface area contributed by atoms with E-state index in [0.717, 1.165) is 27.6 Å². The number of aromatic hydroxyl groups is 1. The van der Waals surface area contributed by atoms with E-state index in [1.165, 1.54) is 0 Å². The lowest BCUT2D eigenvalue weighted by atomic mass is 10.2. The third kappa shape index (κ3) is 1.16. The second kappa shape index (κ2) is 3.23. The fourth-order valence-electron chi connectivity index (χ4n) is 2.44. The number of phenols is 1. The summed E-state index contributed by atoms with van der Waals surface area (Å²) in [5.74, 6) is 0.261. The number of hydrogen-bond acceptors (Lipinski definition) is 2. The van der Waals surface area contributed by atoms with Gasteiger partial charge in [0.2, 0.25) is 0 Å². The molecular formula is C15H10N2O. The summed E-state index contributed by atoms with van der Waals surface area (Å²) in [5, 5.41) is 10.8. The molecule has 3 heteroatoms. The maximum Gasteiger partial charge on any atom is 0.138 e. The number of phenolic OH excluding ortho intramolecular Hbond substituents is 1. The highest BCUT2D eigenvalue weighted by Gasteiger charge is 2.07. The summed E-state index contributed by atoms with van der Waals surface area (Å²) in [5.41, 5.74) is 3.82. The number of fused-ring (bicyclic) bond motifs is 5. The third-order valence-electron chi connectivity index (χ3n) is 3.25. The summed E-state index contributed by atoms with van der Waals surface area (Å²) in [6.07, 6.45) is 0.